The Morgan fingerprint density at radius 1 is 1.10 bits per heavy atom. The lowest BCUT2D eigenvalue weighted by Crippen LogP contribution is -1.97. The Morgan fingerprint density at radius 2 is 1.90 bits per heavy atom. The second-order valence-electron chi connectivity index (χ2n) is 4.73. The van der Waals surface area contributed by atoms with Crippen molar-refractivity contribution >= 4 is 11.6 Å². The summed E-state index contributed by atoms with van der Waals surface area (Å²) in [6, 6.07) is 10.1. The summed E-state index contributed by atoms with van der Waals surface area (Å²) in [6.45, 7) is 4.14. The van der Waals surface area contributed by atoms with Gasteiger partial charge in [-0.2, -0.15) is 4.98 Å². The lowest BCUT2D eigenvalue weighted by Gasteiger charge is -2.05. The van der Waals surface area contributed by atoms with E-state index in [2.05, 4.69) is 52.4 Å². The van der Waals surface area contributed by atoms with E-state index in [1.807, 2.05) is 12.1 Å². The molecule has 2 aromatic heterocycles. The molecule has 5 heteroatoms. The zero-order valence-corrected chi connectivity index (χ0v) is 11.4. The largest absolute Gasteiger partial charge is 0.323 e. The Morgan fingerprint density at radius 3 is 2.60 bits per heavy atom. The van der Waals surface area contributed by atoms with E-state index in [1.54, 1.807) is 23.4 Å². The molecule has 0 saturated heterocycles. The molecule has 1 aromatic carbocycles. The van der Waals surface area contributed by atoms with E-state index in [-0.39, 0.29) is 0 Å². The molecule has 0 aliphatic rings. The standard InChI is InChI=1S/C15H15N5/c1-11-6-12(2)8-13(7-11)18-15-17-10-20(19-15)14-4-3-5-16-9-14/h3-10H,1-2H3,(H,18,19). The van der Waals surface area contributed by atoms with E-state index >= 15 is 0 Å². The van der Waals surface area contributed by atoms with Crippen LogP contribution in [0.3, 0.4) is 0 Å². The third-order valence-electron chi connectivity index (χ3n) is 2.88. The van der Waals surface area contributed by atoms with Gasteiger partial charge in [0.15, 0.2) is 0 Å². The Kier molecular flexibility index (Phi) is 3.16. The van der Waals surface area contributed by atoms with Gasteiger partial charge in [-0.25, -0.2) is 4.68 Å². The number of pyridine rings is 1. The predicted octanol–water partition coefficient (Wildman–Crippen LogP) is 3.02. The van der Waals surface area contributed by atoms with E-state index in [9.17, 15) is 0 Å². The number of aryl methyl sites for hydroxylation is 2. The molecule has 0 bridgehead atoms. The molecule has 0 aliphatic carbocycles. The monoisotopic (exact) mass is 265 g/mol. The number of rotatable bonds is 3. The van der Waals surface area contributed by atoms with Gasteiger partial charge in [0.1, 0.15) is 6.33 Å². The maximum Gasteiger partial charge on any atom is 0.246 e. The molecule has 20 heavy (non-hydrogen) atoms. The highest BCUT2D eigenvalue weighted by Crippen LogP contribution is 2.17. The van der Waals surface area contributed by atoms with Crippen LogP contribution in [0.15, 0.2) is 49.1 Å². The SMILES string of the molecule is Cc1cc(C)cc(Nc2ncn(-c3cccnc3)n2)c1. The highest BCUT2D eigenvalue weighted by molar-refractivity contribution is 5.55. The van der Waals surface area contributed by atoms with Crippen LogP contribution in [0.2, 0.25) is 0 Å². The van der Waals surface area contributed by atoms with Crippen LogP contribution >= 0.6 is 0 Å². The molecule has 3 aromatic rings. The molecular formula is C15H15N5. The van der Waals surface area contributed by atoms with Crippen molar-refractivity contribution in [2.24, 2.45) is 0 Å². The fourth-order valence-corrected chi connectivity index (χ4v) is 2.11. The first-order valence-corrected chi connectivity index (χ1v) is 6.38. The van der Waals surface area contributed by atoms with Gasteiger partial charge < -0.3 is 5.32 Å². The Labute approximate surface area is 117 Å². The van der Waals surface area contributed by atoms with Crippen molar-refractivity contribution in [2.75, 3.05) is 5.32 Å². The Balaban J connectivity index is 1.84. The van der Waals surface area contributed by atoms with Gasteiger partial charge >= 0.3 is 0 Å². The number of nitrogens with one attached hydrogen (secondary N) is 1. The first-order chi connectivity index (χ1) is 9.70. The summed E-state index contributed by atoms with van der Waals surface area (Å²) < 4.78 is 1.69. The first-order valence-electron chi connectivity index (χ1n) is 6.38. The molecule has 0 fully saturated rings. The van der Waals surface area contributed by atoms with E-state index < -0.39 is 0 Å². The van der Waals surface area contributed by atoms with Gasteiger partial charge in [-0.05, 0) is 49.2 Å². The van der Waals surface area contributed by atoms with Crippen LogP contribution in [-0.2, 0) is 0 Å². The number of hydrogen-bond donors (Lipinski definition) is 1. The van der Waals surface area contributed by atoms with Crippen LogP contribution in [0, 0.1) is 13.8 Å². The third-order valence-corrected chi connectivity index (χ3v) is 2.88. The number of benzene rings is 1. The van der Waals surface area contributed by atoms with Crippen LogP contribution in [-0.4, -0.2) is 19.7 Å². The lowest BCUT2D eigenvalue weighted by atomic mass is 10.1. The fraction of sp³-hybridized carbons (Fsp3) is 0.133. The first kappa shape index (κ1) is 12.3. The second kappa shape index (κ2) is 5.13. The molecule has 3 rings (SSSR count). The Hall–Kier alpha value is -2.69. The quantitative estimate of drug-likeness (QED) is 0.791. The fourth-order valence-electron chi connectivity index (χ4n) is 2.11. The zero-order chi connectivity index (χ0) is 13.9. The topological polar surface area (TPSA) is 55.6 Å². The minimum absolute atomic E-state index is 0.568. The van der Waals surface area contributed by atoms with Crippen molar-refractivity contribution in [2.45, 2.75) is 13.8 Å². The van der Waals surface area contributed by atoms with Crippen molar-refractivity contribution in [3.8, 4) is 5.69 Å². The molecule has 0 saturated carbocycles. The van der Waals surface area contributed by atoms with E-state index in [4.69, 9.17) is 0 Å². The van der Waals surface area contributed by atoms with Crippen LogP contribution in [0.4, 0.5) is 11.6 Å². The minimum Gasteiger partial charge on any atom is -0.323 e. The van der Waals surface area contributed by atoms with Gasteiger partial charge in [-0.3, -0.25) is 4.98 Å². The van der Waals surface area contributed by atoms with Crippen molar-refractivity contribution in [3.05, 3.63) is 60.2 Å². The third kappa shape index (κ3) is 2.66. The van der Waals surface area contributed by atoms with Crippen LogP contribution < -0.4 is 5.32 Å². The van der Waals surface area contributed by atoms with Crippen molar-refractivity contribution in [3.63, 3.8) is 0 Å². The highest BCUT2D eigenvalue weighted by atomic mass is 15.4. The molecule has 2 heterocycles. The summed E-state index contributed by atoms with van der Waals surface area (Å²) in [7, 11) is 0. The molecule has 0 atom stereocenters. The van der Waals surface area contributed by atoms with E-state index in [1.165, 1.54) is 11.1 Å². The molecule has 0 spiro atoms. The summed E-state index contributed by atoms with van der Waals surface area (Å²) in [4.78, 5) is 8.33. The molecule has 100 valence electrons. The number of hydrogen-bond acceptors (Lipinski definition) is 4. The maximum absolute atomic E-state index is 4.39. The van der Waals surface area contributed by atoms with Crippen molar-refractivity contribution in [1.82, 2.24) is 19.7 Å². The smallest absolute Gasteiger partial charge is 0.246 e. The maximum atomic E-state index is 4.39. The van der Waals surface area contributed by atoms with Crippen molar-refractivity contribution in [1.29, 1.82) is 0 Å². The zero-order valence-electron chi connectivity index (χ0n) is 11.4. The Bertz CT molecular complexity index is 698. The van der Waals surface area contributed by atoms with E-state index in [0.717, 1.165) is 11.4 Å². The van der Waals surface area contributed by atoms with Crippen LogP contribution in [0.1, 0.15) is 11.1 Å². The number of aromatic nitrogens is 4. The second-order valence-corrected chi connectivity index (χ2v) is 4.73. The molecule has 5 nitrogen and oxygen atoms in total. The summed E-state index contributed by atoms with van der Waals surface area (Å²) in [5.74, 6) is 0.568. The molecule has 0 amide bonds. The van der Waals surface area contributed by atoms with Gasteiger partial charge in [-0.15, -0.1) is 5.10 Å². The average molecular weight is 265 g/mol. The molecule has 0 aliphatic heterocycles. The molecule has 0 radical (unpaired) electrons. The number of nitrogens with zero attached hydrogens (tertiary/aromatic N) is 4. The number of anilines is 2. The van der Waals surface area contributed by atoms with Crippen LogP contribution in [0.5, 0.6) is 0 Å². The summed E-state index contributed by atoms with van der Waals surface area (Å²) in [5.41, 5.74) is 4.29. The minimum atomic E-state index is 0.568. The highest BCUT2D eigenvalue weighted by Gasteiger charge is 2.03. The summed E-state index contributed by atoms with van der Waals surface area (Å²) in [5, 5.41) is 7.60. The van der Waals surface area contributed by atoms with E-state index in [0.29, 0.717) is 5.95 Å². The van der Waals surface area contributed by atoms with Gasteiger partial charge in [-0.1, -0.05) is 6.07 Å². The molecule has 0 unspecified atom stereocenters. The van der Waals surface area contributed by atoms with Crippen LogP contribution in [0.25, 0.3) is 5.69 Å². The van der Waals surface area contributed by atoms with Gasteiger partial charge in [0.05, 0.1) is 11.9 Å². The van der Waals surface area contributed by atoms with Gasteiger partial charge in [0.2, 0.25) is 5.95 Å². The predicted molar refractivity (Wildman–Crippen MR) is 78.4 cm³/mol. The van der Waals surface area contributed by atoms with Gasteiger partial charge in [0, 0.05) is 11.9 Å². The molecular weight excluding hydrogens is 250 g/mol. The molecule has 1 N–H and O–H groups in total. The van der Waals surface area contributed by atoms with Gasteiger partial charge in [0.25, 0.3) is 0 Å². The van der Waals surface area contributed by atoms with Crippen molar-refractivity contribution < 1.29 is 0 Å². The summed E-state index contributed by atoms with van der Waals surface area (Å²) >= 11 is 0. The normalized spacial score (nSPS) is 10.5. The lowest BCUT2D eigenvalue weighted by molar-refractivity contribution is 0.875. The average Bonchev–Trinajstić information content (AvgIpc) is 2.87. The summed E-state index contributed by atoms with van der Waals surface area (Å²) in [6.07, 6.45) is 5.15.